The summed E-state index contributed by atoms with van der Waals surface area (Å²) in [6, 6.07) is 2.94. The molecule has 110 valence electrons. The predicted octanol–water partition coefficient (Wildman–Crippen LogP) is 3.15. The minimum absolute atomic E-state index is 0.106. The Kier molecular flexibility index (Phi) is 3.56. The van der Waals surface area contributed by atoms with E-state index in [1.54, 1.807) is 0 Å². The second-order valence-corrected chi connectivity index (χ2v) is 8.73. The zero-order valence-electron chi connectivity index (χ0n) is 10.8. The Hall–Kier alpha value is -0.300. The number of nitrogens with one attached hydrogen (secondary N) is 1. The number of benzene rings is 1. The van der Waals surface area contributed by atoms with Gasteiger partial charge in [0.25, 0.3) is 0 Å². The van der Waals surface area contributed by atoms with Gasteiger partial charge >= 0.3 is 0 Å². The molecule has 1 aromatic carbocycles. The van der Waals surface area contributed by atoms with Crippen molar-refractivity contribution in [3.8, 4) is 0 Å². The van der Waals surface area contributed by atoms with Gasteiger partial charge in [0.1, 0.15) is 0 Å². The van der Waals surface area contributed by atoms with Crippen molar-refractivity contribution < 1.29 is 8.42 Å². The van der Waals surface area contributed by atoms with E-state index in [4.69, 9.17) is 17.3 Å². The molecule has 0 heterocycles. The molecule has 0 unspecified atom stereocenters. The molecule has 2 fully saturated rings. The number of nitrogens with two attached hydrogens (primary N) is 1. The van der Waals surface area contributed by atoms with Crippen molar-refractivity contribution in [3.05, 3.63) is 21.6 Å². The molecule has 2 aliphatic rings. The van der Waals surface area contributed by atoms with E-state index in [1.165, 1.54) is 25.0 Å². The molecule has 3 N–H and O–H groups in total. The normalized spacial score (nSPS) is 20.9. The lowest BCUT2D eigenvalue weighted by molar-refractivity contribution is 0.432. The first-order valence-corrected chi connectivity index (χ1v) is 9.24. The Morgan fingerprint density at radius 2 is 2.05 bits per heavy atom. The van der Waals surface area contributed by atoms with Gasteiger partial charge in [0, 0.05) is 17.3 Å². The van der Waals surface area contributed by atoms with E-state index in [1.807, 2.05) is 0 Å². The number of nitrogen functional groups attached to an aromatic ring is 1. The Morgan fingerprint density at radius 3 is 2.60 bits per heavy atom. The van der Waals surface area contributed by atoms with Gasteiger partial charge in [-0.1, -0.05) is 11.6 Å². The average molecular weight is 380 g/mol. The van der Waals surface area contributed by atoms with E-state index in [0.717, 1.165) is 12.8 Å². The molecule has 3 rings (SSSR count). The van der Waals surface area contributed by atoms with E-state index in [-0.39, 0.29) is 10.3 Å². The number of hydrogen-bond acceptors (Lipinski definition) is 3. The van der Waals surface area contributed by atoms with Gasteiger partial charge in [-0.2, -0.15) is 0 Å². The van der Waals surface area contributed by atoms with Crippen LogP contribution in [-0.2, 0) is 10.0 Å². The highest BCUT2D eigenvalue weighted by Crippen LogP contribution is 2.60. The minimum Gasteiger partial charge on any atom is -0.398 e. The number of anilines is 1. The summed E-state index contributed by atoms with van der Waals surface area (Å²) in [6.45, 7) is 0.513. The zero-order valence-corrected chi connectivity index (χ0v) is 14.0. The topological polar surface area (TPSA) is 72.2 Å². The molecule has 0 radical (unpaired) electrons. The summed E-state index contributed by atoms with van der Waals surface area (Å²) in [5.41, 5.74) is 6.28. The van der Waals surface area contributed by atoms with Crippen LogP contribution in [0.1, 0.15) is 25.7 Å². The van der Waals surface area contributed by atoms with Crippen LogP contribution in [0.25, 0.3) is 0 Å². The second kappa shape index (κ2) is 4.87. The van der Waals surface area contributed by atoms with Crippen LogP contribution in [0.2, 0.25) is 5.02 Å². The molecule has 4 nitrogen and oxygen atoms in total. The molecule has 0 aliphatic heterocycles. The van der Waals surface area contributed by atoms with Crippen molar-refractivity contribution in [2.75, 3.05) is 12.3 Å². The third-order valence-electron chi connectivity index (χ3n) is 4.27. The van der Waals surface area contributed by atoms with Gasteiger partial charge in [0.15, 0.2) is 0 Å². The quantitative estimate of drug-likeness (QED) is 0.772. The zero-order chi connectivity index (χ0) is 14.5. The first kappa shape index (κ1) is 14.6. The molecule has 1 aromatic rings. The van der Waals surface area contributed by atoms with Gasteiger partial charge < -0.3 is 5.73 Å². The maximum Gasteiger partial charge on any atom is 0.241 e. The lowest BCUT2D eigenvalue weighted by Crippen LogP contribution is -2.31. The third-order valence-corrected chi connectivity index (χ3v) is 7.06. The fourth-order valence-corrected chi connectivity index (χ4v) is 5.11. The van der Waals surface area contributed by atoms with Crippen LogP contribution in [0.4, 0.5) is 5.69 Å². The number of rotatable bonds is 5. The largest absolute Gasteiger partial charge is 0.398 e. The molecule has 2 aliphatic carbocycles. The smallest absolute Gasteiger partial charge is 0.241 e. The van der Waals surface area contributed by atoms with Gasteiger partial charge in [-0.25, -0.2) is 13.1 Å². The second-order valence-electron chi connectivity index (χ2n) is 5.77. The van der Waals surface area contributed by atoms with Crippen LogP contribution < -0.4 is 10.5 Å². The maximum absolute atomic E-state index is 12.4. The summed E-state index contributed by atoms with van der Waals surface area (Å²) >= 11 is 9.12. The first-order chi connectivity index (χ1) is 9.34. The fourth-order valence-electron chi connectivity index (χ4n) is 2.68. The first-order valence-electron chi connectivity index (χ1n) is 6.58. The molecule has 2 saturated carbocycles. The summed E-state index contributed by atoms with van der Waals surface area (Å²) in [5, 5.41) is 0.314. The third kappa shape index (κ3) is 2.71. The van der Waals surface area contributed by atoms with E-state index in [9.17, 15) is 8.42 Å². The molecule has 0 amide bonds. The summed E-state index contributed by atoms with van der Waals surface area (Å²) in [7, 11) is -3.60. The standard InChI is InChI=1S/C13H16BrClN2O2S/c14-12-10(16)5-9(15)6-11(12)20(18,19)17-7-13(3-4-13)8-1-2-8/h5-6,8,17H,1-4,7,16H2. The van der Waals surface area contributed by atoms with Crippen LogP contribution in [0.5, 0.6) is 0 Å². The molecule has 0 atom stereocenters. The molecule has 20 heavy (non-hydrogen) atoms. The van der Waals surface area contributed by atoms with Crippen molar-refractivity contribution in [1.29, 1.82) is 0 Å². The highest BCUT2D eigenvalue weighted by Gasteiger charge is 2.53. The SMILES string of the molecule is Nc1cc(Cl)cc(S(=O)(=O)NCC2(C3CC3)CC2)c1Br. The van der Waals surface area contributed by atoms with E-state index in [2.05, 4.69) is 20.7 Å². The van der Waals surface area contributed by atoms with Crippen LogP contribution in [0, 0.1) is 11.3 Å². The van der Waals surface area contributed by atoms with Crippen molar-refractivity contribution >= 4 is 43.2 Å². The Bertz CT molecular complexity index is 655. The monoisotopic (exact) mass is 378 g/mol. The average Bonchev–Trinajstić information content (AvgIpc) is 3.24. The molecule has 0 aromatic heterocycles. The van der Waals surface area contributed by atoms with Gasteiger partial charge in [-0.15, -0.1) is 0 Å². The summed E-state index contributed by atoms with van der Waals surface area (Å²) in [4.78, 5) is 0.106. The highest BCUT2D eigenvalue weighted by molar-refractivity contribution is 9.10. The summed E-state index contributed by atoms with van der Waals surface area (Å²) < 4.78 is 27.9. The van der Waals surface area contributed by atoms with Crippen molar-refractivity contribution in [2.45, 2.75) is 30.6 Å². The van der Waals surface area contributed by atoms with Crippen LogP contribution >= 0.6 is 27.5 Å². The molecule has 0 spiro atoms. The lowest BCUT2D eigenvalue weighted by atomic mass is 10.0. The number of hydrogen-bond donors (Lipinski definition) is 2. The summed E-state index contributed by atoms with van der Waals surface area (Å²) in [5.74, 6) is 0.707. The predicted molar refractivity (Wildman–Crippen MR) is 83.1 cm³/mol. The van der Waals surface area contributed by atoms with Gasteiger partial charge in [-0.3, -0.25) is 0 Å². The Morgan fingerprint density at radius 1 is 1.40 bits per heavy atom. The van der Waals surface area contributed by atoms with Gasteiger partial charge in [0.2, 0.25) is 10.0 Å². The molecular formula is C13H16BrClN2O2S. The summed E-state index contributed by atoms with van der Waals surface area (Å²) in [6.07, 6.45) is 4.71. The number of halogens is 2. The fraction of sp³-hybridized carbons (Fsp3) is 0.538. The molecule has 7 heteroatoms. The molecule has 0 bridgehead atoms. The number of sulfonamides is 1. The van der Waals surface area contributed by atoms with Gasteiger partial charge in [0.05, 0.1) is 9.37 Å². The Labute approximate surface area is 132 Å². The van der Waals surface area contributed by atoms with Crippen LogP contribution in [0.15, 0.2) is 21.5 Å². The van der Waals surface area contributed by atoms with Crippen molar-refractivity contribution in [1.82, 2.24) is 4.72 Å². The Balaban J connectivity index is 1.81. The van der Waals surface area contributed by atoms with Crippen LogP contribution in [0.3, 0.4) is 0 Å². The minimum atomic E-state index is -3.60. The van der Waals surface area contributed by atoms with E-state index < -0.39 is 10.0 Å². The lowest BCUT2D eigenvalue weighted by Gasteiger charge is -2.16. The van der Waals surface area contributed by atoms with Crippen molar-refractivity contribution in [3.63, 3.8) is 0 Å². The van der Waals surface area contributed by atoms with E-state index in [0.29, 0.717) is 27.6 Å². The molecular weight excluding hydrogens is 364 g/mol. The maximum atomic E-state index is 12.4. The highest BCUT2D eigenvalue weighted by atomic mass is 79.9. The van der Waals surface area contributed by atoms with Crippen LogP contribution in [-0.4, -0.2) is 15.0 Å². The van der Waals surface area contributed by atoms with E-state index >= 15 is 0 Å². The van der Waals surface area contributed by atoms with Gasteiger partial charge in [-0.05, 0) is 65.1 Å². The van der Waals surface area contributed by atoms with Crippen molar-refractivity contribution in [2.24, 2.45) is 11.3 Å². The molecule has 0 saturated heterocycles.